The zero-order chi connectivity index (χ0) is 10.0. The van der Waals surface area contributed by atoms with E-state index in [0.717, 1.165) is 11.5 Å². The van der Waals surface area contributed by atoms with Gasteiger partial charge in [0, 0.05) is 11.5 Å². The summed E-state index contributed by atoms with van der Waals surface area (Å²) in [7, 11) is 0. The Morgan fingerprint density at radius 2 is 1.93 bits per heavy atom. The predicted octanol–water partition coefficient (Wildman–Crippen LogP) is 4.63. The summed E-state index contributed by atoms with van der Waals surface area (Å²) in [6, 6.07) is 0. The fourth-order valence-electron chi connectivity index (χ4n) is 2.55. The lowest BCUT2D eigenvalue weighted by molar-refractivity contribution is 0.304. The van der Waals surface area contributed by atoms with E-state index in [1.807, 2.05) is 12.2 Å². The van der Waals surface area contributed by atoms with Crippen LogP contribution < -0.4 is 0 Å². The Balaban J connectivity index is 2.08. The van der Waals surface area contributed by atoms with Crippen LogP contribution in [0.5, 0.6) is 0 Å². The van der Waals surface area contributed by atoms with Crippen molar-refractivity contribution in [3.05, 3.63) is 23.3 Å². The van der Waals surface area contributed by atoms with Crippen LogP contribution in [0.1, 0.15) is 38.5 Å². The van der Waals surface area contributed by atoms with Crippen molar-refractivity contribution in [3.63, 3.8) is 0 Å². The van der Waals surface area contributed by atoms with Crippen molar-refractivity contribution in [2.45, 2.75) is 43.4 Å². The molecule has 0 nitrogen and oxygen atoms in total. The van der Waals surface area contributed by atoms with Gasteiger partial charge in [-0.15, -0.1) is 11.6 Å². The third-order valence-electron chi connectivity index (χ3n) is 3.37. The van der Waals surface area contributed by atoms with E-state index in [1.54, 1.807) is 0 Å². The standard InChI is InChI=1S/C12H16Cl2/c13-11-7-4-8-12(14,9-11)10-5-2-1-3-6-10/h4,7-8,10H,1-3,5-6,9H2. The third-order valence-corrected chi connectivity index (χ3v) is 4.20. The highest BCUT2D eigenvalue weighted by atomic mass is 35.5. The van der Waals surface area contributed by atoms with Crippen LogP contribution in [-0.2, 0) is 0 Å². The molecule has 0 heterocycles. The highest BCUT2D eigenvalue weighted by Gasteiger charge is 2.36. The van der Waals surface area contributed by atoms with Gasteiger partial charge in [0.2, 0.25) is 0 Å². The normalized spacial score (nSPS) is 34.3. The van der Waals surface area contributed by atoms with Gasteiger partial charge in [-0.3, -0.25) is 0 Å². The zero-order valence-electron chi connectivity index (χ0n) is 8.31. The Kier molecular flexibility index (Phi) is 3.23. The van der Waals surface area contributed by atoms with E-state index in [4.69, 9.17) is 23.2 Å². The number of hydrogen-bond acceptors (Lipinski definition) is 0. The number of allylic oxidation sites excluding steroid dienone is 4. The van der Waals surface area contributed by atoms with Gasteiger partial charge in [0.25, 0.3) is 0 Å². The molecule has 14 heavy (non-hydrogen) atoms. The maximum absolute atomic E-state index is 6.64. The first-order valence-corrected chi connectivity index (χ1v) is 6.19. The maximum Gasteiger partial charge on any atom is 0.0705 e. The van der Waals surface area contributed by atoms with Gasteiger partial charge in [-0.1, -0.05) is 43.0 Å². The molecule has 2 aliphatic carbocycles. The minimum atomic E-state index is -0.188. The van der Waals surface area contributed by atoms with E-state index < -0.39 is 0 Å². The molecule has 0 aromatic heterocycles. The molecule has 0 N–H and O–H groups in total. The van der Waals surface area contributed by atoms with Gasteiger partial charge in [-0.2, -0.15) is 0 Å². The highest BCUT2D eigenvalue weighted by molar-refractivity contribution is 6.32. The highest BCUT2D eigenvalue weighted by Crippen LogP contribution is 2.44. The molecule has 1 fully saturated rings. The van der Waals surface area contributed by atoms with Gasteiger partial charge in [0.15, 0.2) is 0 Å². The first-order valence-electron chi connectivity index (χ1n) is 5.43. The maximum atomic E-state index is 6.64. The molecule has 2 heteroatoms. The lowest BCUT2D eigenvalue weighted by atomic mass is 9.76. The number of halogens is 2. The second-order valence-electron chi connectivity index (χ2n) is 4.41. The largest absolute Gasteiger partial charge is 0.114 e. The molecule has 0 aromatic carbocycles. The topological polar surface area (TPSA) is 0 Å². The molecular weight excluding hydrogens is 215 g/mol. The van der Waals surface area contributed by atoms with Crippen LogP contribution in [0.4, 0.5) is 0 Å². The molecular formula is C12H16Cl2. The fourth-order valence-corrected chi connectivity index (χ4v) is 3.35. The molecule has 0 spiro atoms. The zero-order valence-corrected chi connectivity index (χ0v) is 9.82. The summed E-state index contributed by atoms with van der Waals surface area (Å²) in [5.74, 6) is 0.622. The van der Waals surface area contributed by atoms with Crippen molar-refractivity contribution in [1.82, 2.24) is 0 Å². The Morgan fingerprint density at radius 1 is 1.21 bits per heavy atom. The van der Waals surface area contributed by atoms with Crippen LogP contribution in [0.2, 0.25) is 0 Å². The van der Waals surface area contributed by atoms with Crippen LogP contribution in [-0.4, -0.2) is 4.87 Å². The van der Waals surface area contributed by atoms with Crippen LogP contribution in [0.3, 0.4) is 0 Å². The molecule has 0 aliphatic heterocycles. The van der Waals surface area contributed by atoms with E-state index in [-0.39, 0.29) is 4.87 Å². The molecule has 1 unspecified atom stereocenters. The van der Waals surface area contributed by atoms with Crippen LogP contribution in [0, 0.1) is 5.92 Å². The molecule has 0 saturated heterocycles. The van der Waals surface area contributed by atoms with E-state index in [1.165, 1.54) is 32.1 Å². The van der Waals surface area contributed by atoms with E-state index >= 15 is 0 Å². The van der Waals surface area contributed by atoms with Crippen molar-refractivity contribution in [3.8, 4) is 0 Å². The van der Waals surface area contributed by atoms with Gasteiger partial charge in [0.05, 0.1) is 4.87 Å². The second-order valence-corrected chi connectivity index (χ2v) is 5.60. The Labute approximate surface area is 96.0 Å². The van der Waals surface area contributed by atoms with Gasteiger partial charge in [-0.05, 0) is 24.8 Å². The Morgan fingerprint density at radius 3 is 2.57 bits per heavy atom. The lowest BCUT2D eigenvalue weighted by Gasteiger charge is -2.36. The third kappa shape index (κ3) is 2.17. The van der Waals surface area contributed by atoms with Crippen molar-refractivity contribution >= 4 is 23.2 Å². The molecule has 0 amide bonds. The van der Waals surface area contributed by atoms with Crippen LogP contribution in [0.15, 0.2) is 23.3 Å². The molecule has 1 saturated carbocycles. The minimum absolute atomic E-state index is 0.188. The summed E-state index contributed by atoms with van der Waals surface area (Å²) in [6.07, 6.45) is 13.5. The Bertz CT molecular complexity index is 261. The predicted molar refractivity (Wildman–Crippen MR) is 62.9 cm³/mol. The monoisotopic (exact) mass is 230 g/mol. The molecule has 0 radical (unpaired) electrons. The van der Waals surface area contributed by atoms with Gasteiger partial charge < -0.3 is 0 Å². The van der Waals surface area contributed by atoms with Crippen molar-refractivity contribution in [2.24, 2.45) is 5.92 Å². The SMILES string of the molecule is ClC1=CC=CC(Cl)(C2CCCCC2)C1. The van der Waals surface area contributed by atoms with Crippen molar-refractivity contribution < 1.29 is 0 Å². The van der Waals surface area contributed by atoms with Crippen molar-refractivity contribution in [1.29, 1.82) is 0 Å². The van der Waals surface area contributed by atoms with Crippen LogP contribution in [0.25, 0.3) is 0 Å². The van der Waals surface area contributed by atoms with E-state index in [9.17, 15) is 0 Å². The van der Waals surface area contributed by atoms with E-state index in [0.29, 0.717) is 5.92 Å². The quantitative estimate of drug-likeness (QED) is 0.577. The molecule has 0 bridgehead atoms. The average Bonchev–Trinajstić information content (AvgIpc) is 2.19. The number of rotatable bonds is 1. The molecule has 0 aromatic rings. The minimum Gasteiger partial charge on any atom is -0.114 e. The summed E-state index contributed by atoms with van der Waals surface area (Å²) >= 11 is 12.7. The van der Waals surface area contributed by atoms with Crippen molar-refractivity contribution in [2.75, 3.05) is 0 Å². The second kappa shape index (κ2) is 4.28. The fraction of sp³-hybridized carbons (Fsp3) is 0.667. The van der Waals surface area contributed by atoms with Gasteiger partial charge in [-0.25, -0.2) is 0 Å². The van der Waals surface area contributed by atoms with E-state index in [2.05, 4.69) is 6.08 Å². The lowest BCUT2D eigenvalue weighted by Crippen LogP contribution is -2.32. The summed E-state index contributed by atoms with van der Waals surface area (Å²) in [5.41, 5.74) is 0. The number of alkyl halides is 1. The van der Waals surface area contributed by atoms with Gasteiger partial charge in [0.1, 0.15) is 0 Å². The van der Waals surface area contributed by atoms with Gasteiger partial charge >= 0.3 is 0 Å². The molecule has 2 rings (SSSR count). The Hall–Kier alpha value is 0.0600. The summed E-state index contributed by atoms with van der Waals surface area (Å²) < 4.78 is 0. The number of hydrogen-bond donors (Lipinski definition) is 0. The smallest absolute Gasteiger partial charge is 0.0705 e. The molecule has 78 valence electrons. The first-order chi connectivity index (χ1) is 6.71. The average molecular weight is 231 g/mol. The summed E-state index contributed by atoms with van der Waals surface area (Å²) in [5, 5.41) is 0.896. The first kappa shape index (κ1) is 10.6. The summed E-state index contributed by atoms with van der Waals surface area (Å²) in [4.78, 5) is -0.188. The molecule has 2 aliphatic rings. The molecule has 1 atom stereocenters. The van der Waals surface area contributed by atoms with Crippen LogP contribution >= 0.6 is 23.2 Å². The summed E-state index contributed by atoms with van der Waals surface area (Å²) in [6.45, 7) is 0.